The van der Waals surface area contributed by atoms with Crippen molar-refractivity contribution in [3.63, 3.8) is 0 Å². The van der Waals surface area contributed by atoms with Gasteiger partial charge in [-0.05, 0) is 42.7 Å². The Morgan fingerprint density at radius 2 is 1.89 bits per heavy atom. The lowest BCUT2D eigenvalue weighted by atomic mass is 10.0. The molecule has 2 aromatic carbocycles. The van der Waals surface area contributed by atoms with Crippen molar-refractivity contribution in [2.24, 2.45) is 5.16 Å². The summed E-state index contributed by atoms with van der Waals surface area (Å²) in [6.07, 6.45) is 3.48. The van der Waals surface area contributed by atoms with Crippen molar-refractivity contribution in [3.8, 4) is 11.5 Å². The summed E-state index contributed by atoms with van der Waals surface area (Å²) in [5, 5.41) is 3.73. The molecule has 0 radical (unpaired) electrons. The molecule has 1 aliphatic rings. The summed E-state index contributed by atoms with van der Waals surface area (Å²) in [5.41, 5.74) is 2.54. The molecule has 1 heterocycles. The van der Waals surface area contributed by atoms with Gasteiger partial charge in [-0.15, -0.1) is 0 Å². The molecule has 0 aliphatic carbocycles. The van der Waals surface area contributed by atoms with Crippen LogP contribution in [-0.2, 0) is 4.84 Å². The van der Waals surface area contributed by atoms with E-state index in [-0.39, 0.29) is 11.9 Å². The Morgan fingerprint density at radius 3 is 2.56 bits per heavy atom. The number of rotatable bonds is 6. The van der Waals surface area contributed by atoms with E-state index in [2.05, 4.69) is 9.99 Å². The summed E-state index contributed by atoms with van der Waals surface area (Å²) < 4.78 is 10.8. The van der Waals surface area contributed by atoms with E-state index in [4.69, 9.17) is 9.47 Å². The monoisotopic (exact) mass is 368 g/mol. The van der Waals surface area contributed by atoms with Crippen molar-refractivity contribution in [2.45, 2.75) is 18.9 Å². The van der Waals surface area contributed by atoms with Crippen LogP contribution in [0.4, 0.5) is 0 Å². The number of methoxy groups -OCH3 is 2. The Morgan fingerprint density at radius 1 is 1.11 bits per heavy atom. The van der Waals surface area contributed by atoms with Gasteiger partial charge in [0.2, 0.25) is 0 Å². The quantitative estimate of drug-likeness (QED) is 0.577. The van der Waals surface area contributed by atoms with E-state index in [9.17, 15) is 4.79 Å². The second kappa shape index (κ2) is 8.58. The number of ether oxygens (including phenoxy) is 2. The number of benzene rings is 2. The lowest BCUT2D eigenvalue weighted by Crippen LogP contribution is -2.30. The molecule has 6 heteroatoms. The predicted molar refractivity (Wildman–Crippen MR) is 104 cm³/mol. The van der Waals surface area contributed by atoms with Crippen LogP contribution in [0, 0.1) is 0 Å². The number of amides is 1. The number of nitrogens with zero attached hydrogens (tertiary/aromatic N) is 2. The zero-order valence-corrected chi connectivity index (χ0v) is 15.8. The highest BCUT2D eigenvalue weighted by molar-refractivity contribution is 5.95. The number of oxime groups is 1. The Hall–Kier alpha value is -3.02. The molecule has 0 saturated carbocycles. The first-order chi connectivity index (χ1) is 13.2. The molecule has 6 nitrogen and oxygen atoms in total. The highest BCUT2D eigenvalue weighted by Gasteiger charge is 2.32. The third-order valence-electron chi connectivity index (χ3n) is 4.78. The summed E-state index contributed by atoms with van der Waals surface area (Å²) in [7, 11) is 4.76. The minimum Gasteiger partial charge on any atom is -0.497 e. The molecular formula is C21H24N2O4. The van der Waals surface area contributed by atoms with E-state index in [0.717, 1.165) is 42.0 Å². The summed E-state index contributed by atoms with van der Waals surface area (Å²) >= 11 is 0. The van der Waals surface area contributed by atoms with Gasteiger partial charge in [-0.2, -0.15) is 0 Å². The Labute approximate surface area is 159 Å². The van der Waals surface area contributed by atoms with Gasteiger partial charge >= 0.3 is 0 Å². The Bertz CT molecular complexity index is 817. The van der Waals surface area contributed by atoms with E-state index >= 15 is 0 Å². The zero-order valence-electron chi connectivity index (χ0n) is 15.8. The fourth-order valence-corrected chi connectivity index (χ4v) is 3.42. The molecule has 27 heavy (non-hydrogen) atoms. The Kier molecular flexibility index (Phi) is 5.96. The average Bonchev–Trinajstić information content (AvgIpc) is 3.21. The van der Waals surface area contributed by atoms with Crippen molar-refractivity contribution in [1.82, 2.24) is 4.90 Å². The van der Waals surface area contributed by atoms with Crippen LogP contribution in [0.25, 0.3) is 0 Å². The molecule has 0 N–H and O–H groups in total. The zero-order chi connectivity index (χ0) is 19.2. The first kappa shape index (κ1) is 18.8. The smallest absolute Gasteiger partial charge is 0.254 e. The minimum atomic E-state index is -0.00640. The molecule has 1 unspecified atom stereocenters. The van der Waals surface area contributed by atoms with Gasteiger partial charge in [0, 0.05) is 23.7 Å². The topological polar surface area (TPSA) is 60.4 Å². The van der Waals surface area contributed by atoms with Crippen molar-refractivity contribution in [1.29, 1.82) is 0 Å². The number of carbonyl (C=O) groups excluding carboxylic acids is 1. The first-order valence-corrected chi connectivity index (χ1v) is 8.87. The van der Waals surface area contributed by atoms with E-state index in [0.29, 0.717) is 5.56 Å². The average molecular weight is 368 g/mol. The summed E-state index contributed by atoms with van der Waals surface area (Å²) in [6, 6.07) is 13.1. The van der Waals surface area contributed by atoms with Crippen molar-refractivity contribution >= 4 is 12.1 Å². The van der Waals surface area contributed by atoms with Gasteiger partial charge in [0.05, 0.1) is 26.5 Å². The molecule has 142 valence electrons. The van der Waals surface area contributed by atoms with Crippen LogP contribution in [0.2, 0.25) is 0 Å². The number of likely N-dealkylation sites (tertiary alicyclic amines) is 1. The molecule has 0 aromatic heterocycles. The second-order valence-electron chi connectivity index (χ2n) is 6.30. The number of carbonyl (C=O) groups is 1. The van der Waals surface area contributed by atoms with Gasteiger partial charge in [0.15, 0.2) is 0 Å². The summed E-state index contributed by atoms with van der Waals surface area (Å²) in [6.45, 7) is 0.728. The van der Waals surface area contributed by atoms with Crippen LogP contribution in [0.3, 0.4) is 0 Å². The summed E-state index contributed by atoms with van der Waals surface area (Å²) in [5.74, 6) is 1.50. The van der Waals surface area contributed by atoms with Crippen LogP contribution < -0.4 is 9.47 Å². The van der Waals surface area contributed by atoms with Crippen LogP contribution in [0.1, 0.15) is 40.4 Å². The molecule has 1 fully saturated rings. The van der Waals surface area contributed by atoms with E-state index < -0.39 is 0 Å². The molecule has 1 amide bonds. The third-order valence-corrected chi connectivity index (χ3v) is 4.78. The molecule has 1 atom stereocenters. The molecule has 0 bridgehead atoms. The lowest BCUT2D eigenvalue weighted by molar-refractivity contribution is 0.0734. The SMILES string of the molecule is CO/N=C/c1ccc(C(=O)N2CCCC2c2ccc(OC)cc2OC)cc1. The number of hydrogen-bond acceptors (Lipinski definition) is 5. The molecule has 1 aliphatic heterocycles. The lowest BCUT2D eigenvalue weighted by Gasteiger charge is -2.26. The van der Waals surface area contributed by atoms with Gasteiger partial charge in [0.1, 0.15) is 18.6 Å². The standard InChI is InChI=1S/C21H24N2O4/c1-25-17-10-11-18(20(13-17)26-2)19-5-4-12-23(19)21(24)16-8-6-15(7-9-16)14-22-27-3/h6-11,13-14,19H,4-5,12H2,1-3H3/b22-14+. The predicted octanol–water partition coefficient (Wildman–Crippen LogP) is 3.66. The van der Waals surface area contributed by atoms with Gasteiger partial charge < -0.3 is 19.2 Å². The van der Waals surface area contributed by atoms with Crippen LogP contribution >= 0.6 is 0 Å². The highest BCUT2D eigenvalue weighted by Crippen LogP contribution is 2.39. The minimum absolute atomic E-state index is 0.00640. The second-order valence-corrected chi connectivity index (χ2v) is 6.30. The van der Waals surface area contributed by atoms with Gasteiger partial charge in [0.25, 0.3) is 5.91 Å². The van der Waals surface area contributed by atoms with E-state index in [1.54, 1.807) is 20.4 Å². The largest absolute Gasteiger partial charge is 0.497 e. The molecule has 0 spiro atoms. The molecule has 1 saturated heterocycles. The van der Waals surface area contributed by atoms with Crippen LogP contribution in [-0.4, -0.2) is 44.9 Å². The first-order valence-electron chi connectivity index (χ1n) is 8.87. The van der Waals surface area contributed by atoms with Gasteiger partial charge in [-0.1, -0.05) is 17.3 Å². The summed E-state index contributed by atoms with van der Waals surface area (Å²) in [4.78, 5) is 19.7. The highest BCUT2D eigenvalue weighted by atomic mass is 16.6. The van der Waals surface area contributed by atoms with Crippen molar-refractivity contribution in [3.05, 3.63) is 59.2 Å². The molecular weight excluding hydrogens is 344 g/mol. The third kappa shape index (κ3) is 4.05. The van der Waals surface area contributed by atoms with Gasteiger partial charge in [-0.3, -0.25) is 4.79 Å². The maximum Gasteiger partial charge on any atom is 0.254 e. The van der Waals surface area contributed by atoms with Crippen molar-refractivity contribution < 1.29 is 19.1 Å². The van der Waals surface area contributed by atoms with Crippen LogP contribution in [0.5, 0.6) is 11.5 Å². The van der Waals surface area contributed by atoms with Crippen LogP contribution in [0.15, 0.2) is 47.6 Å². The van der Waals surface area contributed by atoms with Gasteiger partial charge in [-0.25, -0.2) is 0 Å². The fraction of sp³-hybridized carbons (Fsp3) is 0.333. The van der Waals surface area contributed by atoms with Crippen molar-refractivity contribution in [2.75, 3.05) is 27.9 Å². The molecule has 3 rings (SSSR count). The van der Waals surface area contributed by atoms with E-state index in [1.807, 2.05) is 47.4 Å². The van der Waals surface area contributed by atoms with E-state index in [1.165, 1.54) is 7.11 Å². The maximum atomic E-state index is 13.1. The fourth-order valence-electron chi connectivity index (χ4n) is 3.42. The molecule has 2 aromatic rings. The number of hydrogen-bond donors (Lipinski definition) is 0. The Balaban J connectivity index is 1.84. The normalized spacial score (nSPS) is 16.6. The maximum absolute atomic E-state index is 13.1.